The molecule has 1 aliphatic heterocycles. The average Bonchev–Trinajstić information content (AvgIpc) is 2.82. The fraction of sp³-hybridized carbons (Fsp3) is 0.462. The van der Waals surface area contributed by atoms with Gasteiger partial charge in [-0.05, 0) is 25.0 Å². The van der Waals surface area contributed by atoms with E-state index in [0.29, 0.717) is 29.3 Å². The maximum absolute atomic E-state index is 5.83. The van der Waals surface area contributed by atoms with Gasteiger partial charge in [0.1, 0.15) is 12.1 Å². The number of fused-ring (bicyclic) bond motifs is 1. The van der Waals surface area contributed by atoms with Crippen molar-refractivity contribution in [2.45, 2.75) is 25.6 Å². The lowest BCUT2D eigenvalue weighted by Crippen LogP contribution is -2.23. The minimum absolute atomic E-state index is 0.242. The Kier molecular flexibility index (Phi) is 3.17. The normalized spacial score (nSPS) is 17.3. The highest BCUT2D eigenvalue weighted by molar-refractivity contribution is 5.85. The summed E-state index contributed by atoms with van der Waals surface area (Å²) in [7, 11) is 0. The number of aromatic nitrogens is 1. The number of hydrogen-bond donors (Lipinski definition) is 1. The third kappa shape index (κ3) is 2.32. The smallest absolute Gasteiger partial charge is 0.221 e. The zero-order valence-corrected chi connectivity index (χ0v) is 10.1. The third-order valence-corrected chi connectivity index (χ3v) is 3.11. The van der Waals surface area contributed by atoms with Crippen LogP contribution in [0.25, 0.3) is 11.1 Å². The van der Waals surface area contributed by atoms with Crippen LogP contribution in [0.3, 0.4) is 0 Å². The van der Waals surface area contributed by atoms with Gasteiger partial charge in [0, 0.05) is 13.2 Å². The highest BCUT2D eigenvalue weighted by Crippen LogP contribution is 2.22. The molecule has 18 heavy (non-hydrogen) atoms. The van der Waals surface area contributed by atoms with Crippen LogP contribution in [-0.4, -0.2) is 24.3 Å². The molecule has 2 aromatic rings. The second-order valence-electron chi connectivity index (χ2n) is 4.42. The molecule has 3 rings (SSSR count). The molecular weight excluding hydrogens is 232 g/mol. The molecule has 0 saturated carbocycles. The molecular formula is C13H16N2O3. The molecule has 1 aliphatic rings. The van der Waals surface area contributed by atoms with Gasteiger partial charge < -0.3 is 19.6 Å². The molecule has 1 aromatic heterocycles. The van der Waals surface area contributed by atoms with Crippen LogP contribution in [0, 0.1) is 0 Å². The molecule has 0 bridgehead atoms. The van der Waals surface area contributed by atoms with E-state index in [1.165, 1.54) is 0 Å². The third-order valence-electron chi connectivity index (χ3n) is 3.11. The van der Waals surface area contributed by atoms with Gasteiger partial charge >= 0.3 is 0 Å². The topological polar surface area (TPSA) is 70.5 Å². The van der Waals surface area contributed by atoms with Crippen molar-refractivity contribution < 1.29 is 13.9 Å². The number of benzene rings is 1. The van der Waals surface area contributed by atoms with Crippen LogP contribution in [0.2, 0.25) is 0 Å². The second-order valence-corrected chi connectivity index (χ2v) is 4.42. The zero-order chi connectivity index (χ0) is 12.4. The van der Waals surface area contributed by atoms with Gasteiger partial charge in [-0.1, -0.05) is 6.07 Å². The van der Waals surface area contributed by atoms with Crippen molar-refractivity contribution in [3.8, 4) is 0 Å². The number of rotatable bonds is 3. The quantitative estimate of drug-likeness (QED) is 0.842. The van der Waals surface area contributed by atoms with E-state index in [1.54, 1.807) is 0 Å². The van der Waals surface area contributed by atoms with Crippen molar-refractivity contribution in [3.63, 3.8) is 0 Å². The van der Waals surface area contributed by atoms with Crippen LogP contribution < -0.4 is 5.73 Å². The fourth-order valence-electron chi connectivity index (χ4n) is 2.11. The maximum atomic E-state index is 5.83. The van der Waals surface area contributed by atoms with E-state index in [1.807, 2.05) is 18.2 Å². The summed E-state index contributed by atoms with van der Waals surface area (Å²) in [6, 6.07) is 5.52. The van der Waals surface area contributed by atoms with E-state index in [0.717, 1.165) is 26.1 Å². The van der Waals surface area contributed by atoms with E-state index in [2.05, 4.69) is 4.98 Å². The lowest BCUT2D eigenvalue weighted by atomic mass is 10.2. The van der Waals surface area contributed by atoms with Gasteiger partial charge in [0.05, 0.1) is 11.8 Å². The molecule has 1 saturated heterocycles. The number of oxazole rings is 1. The molecule has 2 N–H and O–H groups in total. The Balaban J connectivity index is 1.69. The Labute approximate surface area is 105 Å². The van der Waals surface area contributed by atoms with Crippen molar-refractivity contribution in [2.75, 3.05) is 18.9 Å². The summed E-state index contributed by atoms with van der Waals surface area (Å²) in [5.41, 5.74) is 7.88. The van der Waals surface area contributed by atoms with Crippen LogP contribution in [0.5, 0.6) is 0 Å². The monoisotopic (exact) mass is 248 g/mol. The van der Waals surface area contributed by atoms with Gasteiger partial charge in [-0.2, -0.15) is 0 Å². The number of ether oxygens (including phenoxy) is 2. The second kappa shape index (κ2) is 4.96. The van der Waals surface area contributed by atoms with Gasteiger partial charge in [-0.25, -0.2) is 4.98 Å². The van der Waals surface area contributed by atoms with Crippen LogP contribution in [-0.2, 0) is 16.1 Å². The van der Waals surface area contributed by atoms with Crippen LogP contribution in [0.15, 0.2) is 22.6 Å². The maximum Gasteiger partial charge on any atom is 0.221 e. The van der Waals surface area contributed by atoms with Crippen LogP contribution in [0.1, 0.15) is 18.7 Å². The molecule has 2 heterocycles. The summed E-state index contributed by atoms with van der Waals surface area (Å²) in [6.45, 7) is 1.93. The number of para-hydroxylation sites is 1. The molecule has 5 heteroatoms. The van der Waals surface area contributed by atoms with E-state index in [4.69, 9.17) is 19.6 Å². The van der Waals surface area contributed by atoms with Gasteiger partial charge in [0.2, 0.25) is 5.89 Å². The molecule has 0 unspecified atom stereocenters. The molecule has 5 nitrogen and oxygen atoms in total. The minimum Gasteiger partial charge on any atom is -0.438 e. The Hall–Kier alpha value is -1.59. The highest BCUT2D eigenvalue weighted by atomic mass is 16.5. The van der Waals surface area contributed by atoms with E-state index < -0.39 is 0 Å². The van der Waals surface area contributed by atoms with Crippen molar-refractivity contribution in [1.82, 2.24) is 4.98 Å². The molecule has 0 radical (unpaired) electrons. The molecule has 0 spiro atoms. The average molecular weight is 248 g/mol. The number of anilines is 1. The first-order chi connectivity index (χ1) is 8.83. The minimum atomic E-state index is 0.242. The molecule has 96 valence electrons. The van der Waals surface area contributed by atoms with Gasteiger partial charge in [-0.3, -0.25) is 0 Å². The summed E-state index contributed by atoms with van der Waals surface area (Å²) < 4.78 is 16.6. The van der Waals surface area contributed by atoms with Gasteiger partial charge in [-0.15, -0.1) is 0 Å². The highest BCUT2D eigenvalue weighted by Gasteiger charge is 2.16. The number of hydrogen-bond acceptors (Lipinski definition) is 5. The molecule has 1 aromatic carbocycles. The molecule has 0 atom stereocenters. The summed E-state index contributed by atoms with van der Waals surface area (Å²) in [6.07, 6.45) is 2.11. The predicted molar refractivity (Wildman–Crippen MR) is 67.1 cm³/mol. The number of nitrogen functional groups attached to an aromatic ring is 1. The fourth-order valence-corrected chi connectivity index (χ4v) is 2.11. The number of nitrogens with zero attached hydrogens (tertiary/aromatic N) is 1. The summed E-state index contributed by atoms with van der Waals surface area (Å²) in [4.78, 5) is 4.35. The van der Waals surface area contributed by atoms with E-state index in [-0.39, 0.29) is 6.10 Å². The standard InChI is InChI=1S/C13H16N2O3/c14-10-2-1-3-11-13(10)15-12(18-11)8-17-9-4-6-16-7-5-9/h1-3,9H,4-8,14H2. The molecule has 0 amide bonds. The SMILES string of the molecule is Nc1cccc2oc(COC3CCOCC3)nc12. The summed E-state index contributed by atoms with van der Waals surface area (Å²) >= 11 is 0. The van der Waals surface area contributed by atoms with Crippen molar-refractivity contribution in [2.24, 2.45) is 0 Å². The zero-order valence-electron chi connectivity index (χ0n) is 10.1. The van der Waals surface area contributed by atoms with Crippen molar-refractivity contribution in [3.05, 3.63) is 24.1 Å². The molecule has 1 fully saturated rings. The predicted octanol–water partition coefficient (Wildman–Crippen LogP) is 2.11. The Morgan fingerprint density at radius 3 is 2.94 bits per heavy atom. The lowest BCUT2D eigenvalue weighted by molar-refractivity contribution is -0.0442. The summed E-state index contributed by atoms with van der Waals surface area (Å²) in [5.74, 6) is 0.578. The summed E-state index contributed by atoms with van der Waals surface area (Å²) in [5, 5.41) is 0. The first-order valence-corrected chi connectivity index (χ1v) is 6.16. The Morgan fingerprint density at radius 2 is 2.17 bits per heavy atom. The first kappa shape index (κ1) is 11.5. The largest absolute Gasteiger partial charge is 0.438 e. The Morgan fingerprint density at radius 1 is 1.33 bits per heavy atom. The van der Waals surface area contributed by atoms with Crippen LogP contribution in [0.4, 0.5) is 5.69 Å². The van der Waals surface area contributed by atoms with Gasteiger partial charge in [0.15, 0.2) is 5.58 Å². The number of nitrogens with two attached hydrogens (primary N) is 1. The van der Waals surface area contributed by atoms with Crippen LogP contribution >= 0.6 is 0 Å². The lowest BCUT2D eigenvalue weighted by Gasteiger charge is -2.21. The Bertz CT molecular complexity index is 532. The first-order valence-electron chi connectivity index (χ1n) is 6.16. The van der Waals surface area contributed by atoms with Gasteiger partial charge in [0.25, 0.3) is 0 Å². The van der Waals surface area contributed by atoms with E-state index >= 15 is 0 Å². The molecule has 0 aliphatic carbocycles. The van der Waals surface area contributed by atoms with E-state index in [9.17, 15) is 0 Å². The van der Waals surface area contributed by atoms with Crippen molar-refractivity contribution >= 4 is 16.8 Å². The van der Waals surface area contributed by atoms with Crippen molar-refractivity contribution in [1.29, 1.82) is 0 Å².